The molecule has 1 fully saturated rings. The third-order valence-electron chi connectivity index (χ3n) is 4.85. The van der Waals surface area contributed by atoms with Gasteiger partial charge in [0.05, 0.1) is 0 Å². The van der Waals surface area contributed by atoms with Crippen molar-refractivity contribution in [3.63, 3.8) is 0 Å². The number of amides is 1. The second kappa shape index (κ2) is 6.63. The molecule has 0 aromatic heterocycles. The van der Waals surface area contributed by atoms with Crippen LogP contribution in [0.4, 0.5) is 5.69 Å². The molecule has 4 nitrogen and oxygen atoms in total. The number of nitrogens with one attached hydrogen (secondary N) is 1. The smallest absolute Gasteiger partial charge is 0.250 e. The molecule has 1 aromatic rings. The maximum absolute atomic E-state index is 12.4. The zero-order valence-electron chi connectivity index (χ0n) is 13.3. The van der Waals surface area contributed by atoms with Crippen LogP contribution < -0.4 is 10.2 Å². The molecule has 0 spiro atoms. The molecule has 4 heteroatoms. The molecule has 1 amide bonds. The number of hydrogen-bond donors (Lipinski definition) is 1. The molecule has 118 valence electrons. The average Bonchev–Trinajstić information content (AvgIpc) is 3.16. The fourth-order valence-corrected chi connectivity index (χ4v) is 3.60. The van der Waals surface area contributed by atoms with E-state index in [-0.39, 0.29) is 5.91 Å². The summed E-state index contributed by atoms with van der Waals surface area (Å²) in [5, 5.41) is 3.37. The van der Waals surface area contributed by atoms with Gasteiger partial charge < -0.3 is 15.1 Å². The van der Waals surface area contributed by atoms with E-state index < -0.39 is 0 Å². The van der Waals surface area contributed by atoms with Crippen molar-refractivity contribution in [3.05, 3.63) is 42.0 Å². The second-order valence-electron chi connectivity index (χ2n) is 6.42. The molecule has 0 radical (unpaired) electrons. The van der Waals surface area contributed by atoms with Gasteiger partial charge in [-0.25, -0.2) is 0 Å². The second-order valence-corrected chi connectivity index (χ2v) is 6.42. The average molecular weight is 299 g/mol. The summed E-state index contributed by atoms with van der Waals surface area (Å²) in [4.78, 5) is 16.6. The Morgan fingerprint density at radius 2 is 2.36 bits per heavy atom. The number of nitrogens with zero attached hydrogens (tertiary/aromatic N) is 2. The number of anilines is 1. The highest BCUT2D eigenvalue weighted by Crippen LogP contribution is 2.29. The molecule has 0 saturated carbocycles. The Bertz CT molecular complexity index is 569. The fourth-order valence-electron chi connectivity index (χ4n) is 3.60. The minimum Gasteiger partial charge on any atom is -0.309 e. The topological polar surface area (TPSA) is 35.6 Å². The van der Waals surface area contributed by atoms with Crippen LogP contribution in [0.5, 0.6) is 0 Å². The van der Waals surface area contributed by atoms with Crippen molar-refractivity contribution in [3.8, 4) is 0 Å². The van der Waals surface area contributed by atoms with E-state index >= 15 is 0 Å². The number of carbonyl (C=O) groups excluding carboxylic acids is 1. The first-order chi connectivity index (χ1) is 10.7. The first-order valence-corrected chi connectivity index (χ1v) is 8.13. The molecular weight excluding hydrogens is 274 g/mol. The standard InChI is InChI=1S/C18H25N3O/c1-3-18(22)21(10-8-14-7-9-20(2)13-14)17-6-4-5-15-11-19-12-16(15)17/h3-6,14,19H,1,7-13H2,2H3. The lowest BCUT2D eigenvalue weighted by atomic mass is 10.0. The minimum absolute atomic E-state index is 0.00616. The predicted octanol–water partition coefficient (Wildman–Crippen LogP) is 2.15. The molecule has 1 unspecified atom stereocenters. The summed E-state index contributed by atoms with van der Waals surface area (Å²) in [6, 6.07) is 6.25. The van der Waals surface area contributed by atoms with Gasteiger partial charge in [-0.05, 0) is 55.6 Å². The maximum atomic E-state index is 12.4. The Morgan fingerprint density at radius 1 is 1.50 bits per heavy atom. The van der Waals surface area contributed by atoms with Crippen molar-refractivity contribution in [1.82, 2.24) is 10.2 Å². The van der Waals surface area contributed by atoms with E-state index in [9.17, 15) is 4.79 Å². The van der Waals surface area contributed by atoms with Gasteiger partial charge in [0.25, 0.3) is 0 Å². The molecule has 22 heavy (non-hydrogen) atoms. The van der Waals surface area contributed by atoms with Crippen LogP contribution in [0.25, 0.3) is 0 Å². The van der Waals surface area contributed by atoms with Crippen LogP contribution in [0.2, 0.25) is 0 Å². The highest BCUT2D eigenvalue weighted by Gasteiger charge is 2.24. The molecule has 3 rings (SSSR count). The summed E-state index contributed by atoms with van der Waals surface area (Å²) in [6.45, 7) is 8.51. The molecule has 1 aromatic carbocycles. The quantitative estimate of drug-likeness (QED) is 0.846. The summed E-state index contributed by atoms with van der Waals surface area (Å²) in [5.41, 5.74) is 3.62. The Balaban J connectivity index is 1.77. The van der Waals surface area contributed by atoms with Gasteiger partial charge in [-0.2, -0.15) is 0 Å². The summed E-state index contributed by atoms with van der Waals surface area (Å²) < 4.78 is 0. The van der Waals surface area contributed by atoms with Crippen molar-refractivity contribution < 1.29 is 4.79 Å². The molecule has 1 N–H and O–H groups in total. The van der Waals surface area contributed by atoms with Crippen LogP contribution in [-0.2, 0) is 17.9 Å². The van der Waals surface area contributed by atoms with E-state index in [2.05, 4.69) is 36.0 Å². The number of hydrogen-bond acceptors (Lipinski definition) is 3. The number of carbonyl (C=O) groups is 1. The molecule has 2 aliphatic rings. The van der Waals surface area contributed by atoms with E-state index in [1.54, 1.807) is 0 Å². The van der Waals surface area contributed by atoms with Crippen molar-refractivity contribution in [2.24, 2.45) is 5.92 Å². The molecule has 2 aliphatic heterocycles. The Hall–Kier alpha value is -1.65. The summed E-state index contributed by atoms with van der Waals surface area (Å²) in [7, 11) is 2.17. The van der Waals surface area contributed by atoms with Gasteiger partial charge in [-0.15, -0.1) is 0 Å². The van der Waals surface area contributed by atoms with Gasteiger partial charge in [0.15, 0.2) is 0 Å². The molecular formula is C18H25N3O. The van der Waals surface area contributed by atoms with Crippen molar-refractivity contribution >= 4 is 11.6 Å². The first-order valence-electron chi connectivity index (χ1n) is 8.13. The highest BCUT2D eigenvalue weighted by molar-refractivity contribution is 6.01. The van der Waals surface area contributed by atoms with E-state index in [1.165, 1.54) is 30.2 Å². The molecule has 0 aliphatic carbocycles. The Kier molecular flexibility index (Phi) is 4.60. The van der Waals surface area contributed by atoms with Gasteiger partial charge in [0.2, 0.25) is 5.91 Å². The third kappa shape index (κ3) is 3.08. The summed E-state index contributed by atoms with van der Waals surface area (Å²) >= 11 is 0. The van der Waals surface area contributed by atoms with E-state index in [0.717, 1.165) is 38.3 Å². The van der Waals surface area contributed by atoms with Crippen LogP contribution in [-0.4, -0.2) is 37.5 Å². The van der Waals surface area contributed by atoms with Crippen LogP contribution >= 0.6 is 0 Å². The van der Waals surface area contributed by atoms with Crippen molar-refractivity contribution in [2.45, 2.75) is 25.9 Å². The first kappa shape index (κ1) is 15.3. The van der Waals surface area contributed by atoms with Crippen LogP contribution in [0.1, 0.15) is 24.0 Å². The molecule has 1 atom stereocenters. The van der Waals surface area contributed by atoms with Gasteiger partial charge >= 0.3 is 0 Å². The molecule has 2 heterocycles. The zero-order chi connectivity index (χ0) is 15.5. The van der Waals surface area contributed by atoms with Crippen LogP contribution in [0.15, 0.2) is 30.9 Å². The van der Waals surface area contributed by atoms with Gasteiger partial charge in [-0.1, -0.05) is 18.7 Å². The lowest BCUT2D eigenvalue weighted by molar-refractivity contribution is -0.114. The van der Waals surface area contributed by atoms with Gasteiger partial charge in [0, 0.05) is 31.9 Å². The van der Waals surface area contributed by atoms with Crippen LogP contribution in [0.3, 0.4) is 0 Å². The summed E-state index contributed by atoms with van der Waals surface area (Å²) in [5.74, 6) is 0.701. The largest absolute Gasteiger partial charge is 0.309 e. The Morgan fingerprint density at radius 3 is 3.09 bits per heavy atom. The SMILES string of the molecule is C=CC(=O)N(CCC1CCN(C)C1)c1cccc2c1CNC2. The zero-order valence-corrected chi connectivity index (χ0v) is 13.3. The van der Waals surface area contributed by atoms with Crippen molar-refractivity contribution in [2.75, 3.05) is 31.6 Å². The minimum atomic E-state index is 0.00616. The predicted molar refractivity (Wildman–Crippen MR) is 89.8 cm³/mol. The fraction of sp³-hybridized carbons (Fsp3) is 0.500. The third-order valence-corrected chi connectivity index (χ3v) is 4.85. The molecule has 0 bridgehead atoms. The lowest BCUT2D eigenvalue weighted by Crippen LogP contribution is -2.32. The number of fused-ring (bicyclic) bond motifs is 1. The maximum Gasteiger partial charge on any atom is 0.250 e. The van der Waals surface area contributed by atoms with Crippen molar-refractivity contribution in [1.29, 1.82) is 0 Å². The Labute approximate surface area is 132 Å². The van der Waals surface area contributed by atoms with E-state index in [1.807, 2.05) is 11.0 Å². The van der Waals surface area contributed by atoms with Gasteiger partial charge in [-0.3, -0.25) is 4.79 Å². The van der Waals surface area contributed by atoms with Gasteiger partial charge in [0.1, 0.15) is 0 Å². The number of likely N-dealkylation sites (tertiary alicyclic amines) is 1. The van der Waals surface area contributed by atoms with Crippen LogP contribution in [0, 0.1) is 5.92 Å². The lowest BCUT2D eigenvalue weighted by Gasteiger charge is -2.25. The number of benzene rings is 1. The highest BCUT2D eigenvalue weighted by atomic mass is 16.2. The summed E-state index contributed by atoms with van der Waals surface area (Å²) in [6.07, 6.45) is 3.73. The van der Waals surface area contributed by atoms with E-state index in [0.29, 0.717) is 5.92 Å². The monoisotopic (exact) mass is 299 g/mol. The van der Waals surface area contributed by atoms with E-state index in [4.69, 9.17) is 0 Å². The number of rotatable bonds is 5. The molecule has 1 saturated heterocycles. The normalized spacial score (nSPS) is 20.9.